The van der Waals surface area contributed by atoms with E-state index in [2.05, 4.69) is 34.3 Å². The molecule has 3 N–H and O–H groups in total. The smallest absolute Gasteiger partial charge is 0.413 e. The molecule has 174 valence electrons. The van der Waals surface area contributed by atoms with Crippen molar-refractivity contribution in [2.75, 3.05) is 11.9 Å². The number of amides is 2. The van der Waals surface area contributed by atoms with Crippen molar-refractivity contribution in [3.05, 3.63) is 82.9 Å². The minimum Gasteiger partial charge on any atom is -0.480 e. The van der Waals surface area contributed by atoms with Crippen molar-refractivity contribution in [3.63, 3.8) is 0 Å². The molecular weight excluding hydrogens is 454 g/mol. The van der Waals surface area contributed by atoms with Gasteiger partial charge < -0.3 is 15.2 Å². The molecule has 1 aliphatic rings. The predicted octanol–water partition coefficient (Wildman–Crippen LogP) is 4.57. The number of carboxylic acids is 1. The second kappa shape index (κ2) is 9.88. The third kappa shape index (κ3) is 4.69. The number of fused-ring (bicyclic) bond motifs is 3. The lowest BCUT2D eigenvalue weighted by Crippen LogP contribution is -2.40. The van der Waals surface area contributed by atoms with E-state index in [-0.39, 0.29) is 29.0 Å². The molecule has 0 radical (unpaired) electrons. The fourth-order valence-electron chi connectivity index (χ4n) is 3.99. The summed E-state index contributed by atoms with van der Waals surface area (Å²) in [7, 11) is 0. The summed E-state index contributed by atoms with van der Waals surface area (Å²) in [6.45, 7) is 5.26. The van der Waals surface area contributed by atoms with Crippen LogP contribution in [0.4, 0.5) is 9.93 Å². The molecule has 0 spiro atoms. The van der Waals surface area contributed by atoms with E-state index in [1.807, 2.05) is 36.4 Å². The second-order valence-electron chi connectivity index (χ2n) is 7.77. The normalized spacial score (nSPS) is 12.9. The Labute approximate surface area is 200 Å². The number of rotatable bonds is 8. The molecule has 1 heterocycles. The molecule has 1 atom stereocenters. The van der Waals surface area contributed by atoms with Gasteiger partial charge in [0.05, 0.1) is 5.69 Å². The molecule has 9 heteroatoms. The van der Waals surface area contributed by atoms with Crippen LogP contribution in [0.5, 0.6) is 0 Å². The molecule has 2 aromatic carbocycles. The van der Waals surface area contributed by atoms with E-state index >= 15 is 0 Å². The molecule has 1 unspecified atom stereocenters. The summed E-state index contributed by atoms with van der Waals surface area (Å²) >= 11 is 0.949. The summed E-state index contributed by atoms with van der Waals surface area (Å²) in [6, 6.07) is 15.0. The number of anilines is 1. The standard InChI is InChI=1S/C25H23N3O5S/c1-3-8-20(23(30)31)27-22(29)21-14(2)26-24(34-21)28-25(32)33-13-19-17-11-6-4-9-15(17)16-10-5-7-12-18(16)19/h3-7,9-12,19-20H,1,8,13H2,2H3,(H,27,29)(H,30,31)(H,26,28,32). The van der Waals surface area contributed by atoms with Gasteiger partial charge in [0.15, 0.2) is 5.13 Å². The Morgan fingerprint density at radius 2 is 1.76 bits per heavy atom. The summed E-state index contributed by atoms with van der Waals surface area (Å²) in [5, 5.41) is 14.4. The maximum absolute atomic E-state index is 12.5. The number of hydrogen-bond donors (Lipinski definition) is 3. The summed E-state index contributed by atoms with van der Waals surface area (Å²) in [4.78, 5) is 40.7. The average molecular weight is 478 g/mol. The highest BCUT2D eigenvalue weighted by Gasteiger charge is 2.29. The summed E-state index contributed by atoms with van der Waals surface area (Å²) in [6.07, 6.45) is 0.824. The lowest BCUT2D eigenvalue weighted by atomic mass is 9.98. The number of aliphatic carboxylic acids is 1. The molecule has 8 nitrogen and oxygen atoms in total. The number of carbonyl (C=O) groups is 3. The molecule has 1 aromatic heterocycles. The minimum absolute atomic E-state index is 0.0738. The molecule has 0 aliphatic heterocycles. The van der Waals surface area contributed by atoms with E-state index < -0.39 is 24.0 Å². The molecule has 0 saturated heterocycles. The van der Waals surface area contributed by atoms with Crippen LogP contribution in [-0.2, 0) is 9.53 Å². The molecular formula is C25H23N3O5S. The van der Waals surface area contributed by atoms with Crippen LogP contribution >= 0.6 is 11.3 Å². The zero-order valence-electron chi connectivity index (χ0n) is 18.4. The van der Waals surface area contributed by atoms with Gasteiger partial charge in [-0.05, 0) is 35.6 Å². The SMILES string of the molecule is C=CCC(NC(=O)c1sc(NC(=O)OCC2c3ccccc3-c3ccccc32)nc1C)C(=O)O. The Morgan fingerprint density at radius 1 is 1.15 bits per heavy atom. The number of benzene rings is 2. The van der Waals surface area contributed by atoms with Gasteiger partial charge in [0.1, 0.15) is 17.5 Å². The molecule has 0 bridgehead atoms. The Balaban J connectivity index is 1.40. The Morgan fingerprint density at radius 3 is 2.35 bits per heavy atom. The lowest BCUT2D eigenvalue weighted by molar-refractivity contribution is -0.139. The minimum atomic E-state index is -1.16. The molecule has 4 rings (SSSR count). The van der Waals surface area contributed by atoms with Crippen LogP contribution in [-0.4, -0.2) is 40.7 Å². The van der Waals surface area contributed by atoms with Crippen molar-refractivity contribution in [2.24, 2.45) is 0 Å². The first kappa shape index (κ1) is 23.2. The third-order valence-electron chi connectivity index (χ3n) is 5.56. The van der Waals surface area contributed by atoms with Crippen molar-refractivity contribution in [1.29, 1.82) is 0 Å². The zero-order chi connectivity index (χ0) is 24.2. The largest absolute Gasteiger partial charge is 0.480 e. The number of thiazole rings is 1. The highest BCUT2D eigenvalue weighted by molar-refractivity contribution is 7.17. The van der Waals surface area contributed by atoms with Gasteiger partial charge in [-0.15, -0.1) is 6.58 Å². The van der Waals surface area contributed by atoms with Crippen molar-refractivity contribution < 1.29 is 24.2 Å². The highest BCUT2D eigenvalue weighted by atomic mass is 32.1. The zero-order valence-corrected chi connectivity index (χ0v) is 19.2. The Hall–Kier alpha value is -3.98. The average Bonchev–Trinajstić information content (AvgIpc) is 3.34. The quantitative estimate of drug-likeness (QED) is 0.409. The van der Waals surface area contributed by atoms with E-state index in [0.717, 1.165) is 33.6 Å². The number of nitrogens with one attached hydrogen (secondary N) is 2. The number of carboxylic acid groups (broad SMARTS) is 1. The van der Waals surface area contributed by atoms with Gasteiger partial charge in [-0.3, -0.25) is 10.1 Å². The van der Waals surface area contributed by atoms with Crippen LogP contribution in [0.25, 0.3) is 11.1 Å². The van der Waals surface area contributed by atoms with Crippen LogP contribution < -0.4 is 10.6 Å². The molecule has 0 saturated carbocycles. The van der Waals surface area contributed by atoms with Crippen LogP contribution in [0.15, 0.2) is 61.2 Å². The molecule has 2 amide bonds. The van der Waals surface area contributed by atoms with Gasteiger partial charge in [0.25, 0.3) is 5.91 Å². The number of hydrogen-bond acceptors (Lipinski definition) is 6. The Bertz CT molecular complexity index is 1220. The Kier molecular flexibility index (Phi) is 6.74. The van der Waals surface area contributed by atoms with E-state index in [4.69, 9.17) is 4.74 Å². The lowest BCUT2D eigenvalue weighted by Gasteiger charge is -2.14. The van der Waals surface area contributed by atoms with Crippen LogP contribution in [0.2, 0.25) is 0 Å². The summed E-state index contributed by atoms with van der Waals surface area (Å²) < 4.78 is 5.51. The molecule has 0 fully saturated rings. The molecule has 34 heavy (non-hydrogen) atoms. The number of aromatic nitrogens is 1. The topological polar surface area (TPSA) is 118 Å². The predicted molar refractivity (Wildman–Crippen MR) is 129 cm³/mol. The molecule has 3 aromatic rings. The van der Waals surface area contributed by atoms with Crippen LogP contribution in [0, 0.1) is 6.92 Å². The first-order chi connectivity index (χ1) is 16.4. The molecule has 1 aliphatic carbocycles. The van der Waals surface area contributed by atoms with Gasteiger partial charge in [0, 0.05) is 5.92 Å². The summed E-state index contributed by atoms with van der Waals surface area (Å²) in [5.74, 6) is -1.81. The van der Waals surface area contributed by atoms with Gasteiger partial charge in [-0.1, -0.05) is 65.9 Å². The summed E-state index contributed by atoms with van der Waals surface area (Å²) in [5.41, 5.74) is 4.85. The first-order valence-electron chi connectivity index (χ1n) is 10.6. The van der Waals surface area contributed by atoms with Crippen molar-refractivity contribution in [1.82, 2.24) is 10.3 Å². The van der Waals surface area contributed by atoms with E-state index in [0.29, 0.717) is 5.69 Å². The number of nitrogens with zero attached hydrogens (tertiary/aromatic N) is 1. The fourth-order valence-corrected chi connectivity index (χ4v) is 4.85. The number of aryl methyl sites for hydroxylation is 1. The van der Waals surface area contributed by atoms with Crippen molar-refractivity contribution in [3.8, 4) is 11.1 Å². The maximum Gasteiger partial charge on any atom is 0.413 e. The van der Waals surface area contributed by atoms with E-state index in [1.54, 1.807) is 6.92 Å². The monoisotopic (exact) mass is 477 g/mol. The van der Waals surface area contributed by atoms with E-state index in [9.17, 15) is 19.5 Å². The van der Waals surface area contributed by atoms with Crippen molar-refractivity contribution >= 4 is 34.4 Å². The fraction of sp³-hybridized carbons (Fsp3) is 0.200. The maximum atomic E-state index is 12.5. The van der Waals surface area contributed by atoms with Gasteiger partial charge in [0.2, 0.25) is 0 Å². The second-order valence-corrected chi connectivity index (χ2v) is 8.77. The highest BCUT2D eigenvalue weighted by Crippen LogP contribution is 2.44. The number of carbonyl (C=O) groups excluding carboxylic acids is 2. The van der Waals surface area contributed by atoms with Crippen LogP contribution in [0.1, 0.15) is 38.8 Å². The number of ether oxygens (including phenoxy) is 1. The van der Waals surface area contributed by atoms with Gasteiger partial charge >= 0.3 is 12.1 Å². The third-order valence-corrected chi connectivity index (χ3v) is 6.63. The van der Waals surface area contributed by atoms with Crippen molar-refractivity contribution in [2.45, 2.75) is 25.3 Å². The van der Waals surface area contributed by atoms with E-state index in [1.165, 1.54) is 6.08 Å². The first-order valence-corrected chi connectivity index (χ1v) is 11.4. The van der Waals surface area contributed by atoms with Crippen LogP contribution in [0.3, 0.4) is 0 Å². The van der Waals surface area contributed by atoms with Gasteiger partial charge in [-0.2, -0.15) is 0 Å². The van der Waals surface area contributed by atoms with Gasteiger partial charge in [-0.25, -0.2) is 14.6 Å².